The molecule has 2 saturated carbocycles. The van der Waals surface area contributed by atoms with E-state index in [0.717, 1.165) is 11.0 Å². The Morgan fingerprint density at radius 3 is 2.46 bits per heavy atom. The molecule has 74 valence electrons. The third-order valence-electron chi connectivity index (χ3n) is 3.13. The third kappa shape index (κ3) is 2.56. The van der Waals surface area contributed by atoms with Crippen molar-refractivity contribution in [3.05, 3.63) is 0 Å². The van der Waals surface area contributed by atoms with Crippen molar-refractivity contribution in [2.75, 3.05) is 0 Å². The first-order chi connectivity index (χ1) is 6.25. The number of rotatable bonds is 3. The lowest BCUT2D eigenvalue weighted by molar-refractivity contribution is 0.258. The van der Waals surface area contributed by atoms with Crippen LogP contribution in [0.2, 0.25) is 0 Å². The van der Waals surface area contributed by atoms with Gasteiger partial charge in [0.25, 0.3) is 0 Å². The van der Waals surface area contributed by atoms with E-state index < -0.39 is 0 Å². The van der Waals surface area contributed by atoms with Gasteiger partial charge in [0, 0.05) is 12.1 Å². The molecule has 2 N–H and O–H groups in total. The molecule has 2 fully saturated rings. The molecule has 0 saturated heterocycles. The number of hydrogen-bond donors (Lipinski definition) is 2. The fourth-order valence-electron chi connectivity index (χ4n) is 1.72. The van der Waals surface area contributed by atoms with Gasteiger partial charge < -0.3 is 10.6 Å². The minimum absolute atomic E-state index is 0.562. The van der Waals surface area contributed by atoms with Crippen LogP contribution in [0.15, 0.2) is 0 Å². The summed E-state index contributed by atoms with van der Waals surface area (Å²) in [6.07, 6.45) is 6.74. The molecule has 0 aromatic heterocycles. The lowest BCUT2D eigenvalue weighted by atomic mass is 9.80. The molecule has 2 rings (SSSR count). The quantitative estimate of drug-likeness (QED) is 0.676. The smallest absolute Gasteiger partial charge is 0.166 e. The minimum Gasteiger partial charge on any atom is -0.360 e. The maximum absolute atomic E-state index is 5.22. The molecule has 1 unspecified atom stereocenters. The highest BCUT2D eigenvalue weighted by atomic mass is 32.1. The molecule has 0 spiro atoms. The first-order valence-electron chi connectivity index (χ1n) is 5.33. The zero-order chi connectivity index (χ0) is 9.26. The van der Waals surface area contributed by atoms with Gasteiger partial charge in [-0.15, -0.1) is 0 Å². The Kier molecular flexibility index (Phi) is 2.72. The van der Waals surface area contributed by atoms with Crippen LogP contribution in [0.25, 0.3) is 0 Å². The molecule has 3 heteroatoms. The van der Waals surface area contributed by atoms with Crippen molar-refractivity contribution in [3.8, 4) is 0 Å². The van der Waals surface area contributed by atoms with Crippen molar-refractivity contribution in [1.82, 2.24) is 10.6 Å². The molecule has 0 aromatic carbocycles. The van der Waals surface area contributed by atoms with Crippen LogP contribution in [0.1, 0.15) is 39.0 Å². The van der Waals surface area contributed by atoms with E-state index in [9.17, 15) is 0 Å². The third-order valence-corrected chi connectivity index (χ3v) is 3.36. The van der Waals surface area contributed by atoms with Gasteiger partial charge in [-0.1, -0.05) is 6.42 Å². The SMILES string of the molecule is CC(NC(=S)NC1CC1)C1CCC1. The summed E-state index contributed by atoms with van der Waals surface area (Å²) >= 11 is 5.22. The van der Waals surface area contributed by atoms with Gasteiger partial charge in [0.1, 0.15) is 0 Å². The van der Waals surface area contributed by atoms with Gasteiger partial charge in [-0.2, -0.15) is 0 Å². The minimum atomic E-state index is 0.562. The molecule has 0 bridgehead atoms. The van der Waals surface area contributed by atoms with Crippen molar-refractivity contribution in [3.63, 3.8) is 0 Å². The highest BCUT2D eigenvalue weighted by Crippen LogP contribution is 2.29. The Labute approximate surface area is 85.5 Å². The fraction of sp³-hybridized carbons (Fsp3) is 0.900. The molecule has 0 aromatic rings. The lowest BCUT2D eigenvalue weighted by Crippen LogP contribution is -2.46. The first-order valence-corrected chi connectivity index (χ1v) is 5.73. The molecular weight excluding hydrogens is 180 g/mol. The Morgan fingerprint density at radius 2 is 2.00 bits per heavy atom. The summed E-state index contributed by atoms with van der Waals surface area (Å²) in [5.74, 6) is 0.860. The van der Waals surface area contributed by atoms with Crippen LogP contribution in [0.3, 0.4) is 0 Å². The summed E-state index contributed by atoms with van der Waals surface area (Å²) in [7, 11) is 0. The van der Waals surface area contributed by atoms with Crippen molar-refractivity contribution >= 4 is 17.3 Å². The van der Waals surface area contributed by atoms with Gasteiger partial charge in [0.15, 0.2) is 5.11 Å². The van der Waals surface area contributed by atoms with Crippen LogP contribution >= 0.6 is 12.2 Å². The average molecular weight is 198 g/mol. The van der Waals surface area contributed by atoms with E-state index in [1.54, 1.807) is 0 Å². The predicted molar refractivity (Wildman–Crippen MR) is 58.7 cm³/mol. The zero-order valence-electron chi connectivity index (χ0n) is 8.18. The predicted octanol–water partition coefficient (Wildman–Crippen LogP) is 1.80. The average Bonchev–Trinajstić information content (AvgIpc) is 2.65. The lowest BCUT2D eigenvalue weighted by Gasteiger charge is -2.32. The highest BCUT2D eigenvalue weighted by Gasteiger charge is 2.26. The van der Waals surface area contributed by atoms with E-state index in [1.165, 1.54) is 32.1 Å². The summed E-state index contributed by atoms with van der Waals surface area (Å²) in [5, 5.41) is 7.54. The van der Waals surface area contributed by atoms with Gasteiger partial charge in [-0.25, -0.2) is 0 Å². The molecule has 2 nitrogen and oxygen atoms in total. The first kappa shape index (κ1) is 9.25. The van der Waals surface area contributed by atoms with Crippen LogP contribution in [0.4, 0.5) is 0 Å². The van der Waals surface area contributed by atoms with Crippen molar-refractivity contribution < 1.29 is 0 Å². The normalized spacial score (nSPS) is 24.7. The molecule has 2 aliphatic carbocycles. The molecule has 0 heterocycles. The van der Waals surface area contributed by atoms with E-state index in [1.807, 2.05) is 0 Å². The summed E-state index contributed by atoms with van der Waals surface area (Å²) in [6, 6.07) is 1.24. The molecule has 2 aliphatic rings. The Balaban J connectivity index is 1.65. The Morgan fingerprint density at radius 1 is 1.31 bits per heavy atom. The van der Waals surface area contributed by atoms with Crippen LogP contribution in [-0.4, -0.2) is 17.2 Å². The monoisotopic (exact) mass is 198 g/mol. The molecule has 0 amide bonds. The Hall–Kier alpha value is -0.310. The van der Waals surface area contributed by atoms with E-state index in [0.29, 0.717) is 12.1 Å². The van der Waals surface area contributed by atoms with Gasteiger partial charge in [0.05, 0.1) is 0 Å². The van der Waals surface area contributed by atoms with Crippen LogP contribution < -0.4 is 10.6 Å². The van der Waals surface area contributed by atoms with E-state index in [-0.39, 0.29) is 0 Å². The molecule has 0 radical (unpaired) electrons. The number of thiocarbonyl (C=S) groups is 1. The topological polar surface area (TPSA) is 24.1 Å². The van der Waals surface area contributed by atoms with Crippen molar-refractivity contribution in [1.29, 1.82) is 0 Å². The van der Waals surface area contributed by atoms with E-state index in [2.05, 4.69) is 17.6 Å². The second kappa shape index (κ2) is 3.82. The largest absolute Gasteiger partial charge is 0.360 e. The van der Waals surface area contributed by atoms with Crippen LogP contribution in [-0.2, 0) is 0 Å². The molecular formula is C10H18N2S. The number of nitrogens with one attached hydrogen (secondary N) is 2. The maximum atomic E-state index is 5.22. The molecule has 0 aliphatic heterocycles. The van der Waals surface area contributed by atoms with E-state index in [4.69, 9.17) is 12.2 Å². The van der Waals surface area contributed by atoms with Crippen LogP contribution in [0.5, 0.6) is 0 Å². The Bertz CT molecular complexity index is 197. The summed E-state index contributed by atoms with van der Waals surface area (Å²) in [6.45, 7) is 2.24. The van der Waals surface area contributed by atoms with Gasteiger partial charge in [-0.3, -0.25) is 0 Å². The van der Waals surface area contributed by atoms with Crippen LogP contribution in [0, 0.1) is 5.92 Å². The summed E-state index contributed by atoms with van der Waals surface area (Å²) < 4.78 is 0. The highest BCUT2D eigenvalue weighted by molar-refractivity contribution is 7.80. The standard InChI is InChI=1S/C10H18N2S/c1-7(8-3-2-4-8)11-10(13)12-9-5-6-9/h7-9H,2-6H2,1H3,(H2,11,12,13). The van der Waals surface area contributed by atoms with Crippen molar-refractivity contribution in [2.45, 2.75) is 51.1 Å². The fourth-order valence-corrected chi connectivity index (χ4v) is 2.07. The van der Waals surface area contributed by atoms with Gasteiger partial charge in [0.2, 0.25) is 0 Å². The van der Waals surface area contributed by atoms with E-state index >= 15 is 0 Å². The molecule has 1 atom stereocenters. The second-order valence-electron chi connectivity index (χ2n) is 4.37. The second-order valence-corrected chi connectivity index (χ2v) is 4.78. The summed E-state index contributed by atoms with van der Waals surface area (Å²) in [4.78, 5) is 0. The van der Waals surface area contributed by atoms with Crippen molar-refractivity contribution in [2.24, 2.45) is 5.92 Å². The zero-order valence-corrected chi connectivity index (χ0v) is 8.99. The van der Waals surface area contributed by atoms with Gasteiger partial charge >= 0.3 is 0 Å². The van der Waals surface area contributed by atoms with Gasteiger partial charge in [-0.05, 0) is 50.7 Å². The summed E-state index contributed by atoms with van der Waals surface area (Å²) in [5.41, 5.74) is 0. The number of hydrogen-bond acceptors (Lipinski definition) is 1. The molecule has 13 heavy (non-hydrogen) atoms. The maximum Gasteiger partial charge on any atom is 0.166 e.